The van der Waals surface area contributed by atoms with Gasteiger partial charge >= 0.3 is 6.03 Å². The Hall–Kier alpha value is -3.29. The topological polar surface area (TPSA) is 163 Å². The van der Waals surface area contributed by atoms with E-state index < -0.39 is 48.8 Å². The van der Waals surface area contributed by atoms with Crippen molar-refractivity contribution in [2.45, 2.75) is 101 Å². The predicted molar refractivity (Wildman–Crippen MR) is 183 cm³/mol. The van der Waals surface area contributed by atoms with Crippen LogP contribution in [0.3, 0.4) is 0 Å². The number of aliphatic hydroxyl groups excluding tert-OH is 4. The highest BCUT2D eigenvalue weighted by Gasteiger charge is 2.48. The number of hydrogen-bond acceptors (Lipinski definition) is 9. The maximum atomic E-state index is 12.3. The number of carbonyl (C=O) groups excluding carboxylic acids is 1. The van der Waals surface area contributed by atoms with Crippen LogP contribution in [0.4, 0.5) is 4.79 Å². The van der Waals surface area contributed by atoms with Crippen LogP contribution in [0.2, 0.25) is 5.02 Å². The Morgan fingerprint density at radius 2 is 1.78 bits per heavy atom. The van der Waals surface area contributed by atoms with E-state index in [-0.39, 0.29) is 6.54 Å². The van der Waals surface area contributed by atoms with Gasteiger partial charge in [0.1, 0.15) is 36.3 Å². The van der Waals surface area contributed by atoms with Crippen molar-refractivity contribution < 1.29 is 39.4 Å². The number of rotatable bonds is 15. The minimum Gasteiger partial charge on any atom is -0.490 e. The minimum absolute atomic E-state index is 0.0884. The van der Waals surface area contributed by atoms with Crippen molar-refractivity contribution in [2.75, 3.05) is 19.7 Å². The zero-order valence-corrected chi connectivity index (χ0v) is 28.4. The first-order valence-corrected chi connectivity index (χ1v) is 17.5. The molecule has 2 amide bonds. The highest BCUT2D eigenvalue weighted by molar-refractivity contribution is 6.31. The minimum atomic E-state index is -1.48. The Balaban J connectivity index is 0.973. The molecule has 3 aliphatic rings. The molecule has 49 heavy (non-hydrogen) atoms. The van der Waals surface area contributed by atoms with Crippen molar-refractivity contribution in [1.29, 1.82) is 0 Å². The molecule has 5 atom stereocenters. The number of aliphatic hydroxyl groups is 4. The summed E-state index contributed by atoms with van der Waals surface area (Å²) in [5.41, 5.74) is 6.01. The molecule has 1 aliphatic heterocycles. The first-order chi connectivity index (χ1) is 23.7. The molecule has 2 aliphatic carbocycles. The Labute approximate surface area is 291 Å². The van der Waals surface area contributed by atoms with Gasteiger partial charge in [-0.15, -0.1) is 0 Å². The van der Waals surface area contributed by atoms with E-state index in [1.54, 1.807) is 0 Å². The molecule has 6 rings (SSSR count). The fourth-order valence-electron chi connectivity index (χ4n) is 6.38. The molecule has 3 aromatic rings. The van der Waals surface area contributed by atoms with Crippen LogP contribution in [-0.2, 0) is 28.1 Å². The quantitative estimate of drug-likeness (QED) is 0.129. The SMILES string of the molecule is Cc1cc(COC2(c3cnccc3-c3ccccc3OC3CC3)CC2)c(Cl)cc1CCCCNC(=O)NCC1O[C@H](CO)[C@@H](O)[C@H](O)[C@H]1O. The second kappa shape index (κ2) is 15.7. The van der Waals surface area contributed by atoms with Crippen LogP contribution in [0.5, 0.6) is 5.75 Å². The zero-order valence-electron chi connectivity index (χ0n) is 27.7. The molecular weight excluding hydrogens is 650 g/mol. The molecule has 2 aromatic carbocycles. The number of urea groups is 1. The lowest BCUT2D eigenvalue weighted by Gasteiger charge is -2.40. The number of amides is 2. The molecule has 1 unspecified atom stereocenters. The fraction of sp³-hybridized carbons (Fsp3) is 0.514. The summed E-state index contributed by atoms with van der Waals surface area (Å²) in [6, 6.07) is 13.9. The van der Waals surface area contributed by atoms with E-state index in [1.165, 1.54) is 0 Å². The van der Waals surface area contributed by atoms with Crippen LogP contribution in [0.15, 0.2) is 54.9 Å². The Morgan fingerprint density at radius 3 is 2.53 bits per heavy atom. The summed E-state index contributed by atoms with van der Waals surface area (Å²) in [7, 11) is 0. The predicted octanol–water partition coefficient (Wildman–Crippen LogP) is 3.92. The summed E-state index contributed by atoms with van der Waals surface area (Å²) in [5, 5.41) is 45.3. The van der Waals surface area contributed by atoms with Crippen LogP contribution >= 0.6 is 11.6 Å². The number of nitrogens with zero attached hydrogens (tertiary/aromatic N) is 1. The molecule has 264 valence electrons. The first-order valence-electron chi connectivity index (χ1n) is 17.1. The number of nitrogens with one attached hydrogen (secondary N) is 2. The van der Waals surface area contributed by atoms with E-state index >= 15 is 0 Å². The van der Waals surface area contributed by atoms with Gasteiger partial charge < -0.3 is 45.3 Å². The monoisotopic (exact) mass is 695 g/mol. The number of hydrogen-bond donors (Lipinski definition) is 6. The first kappa shape index (κ1) is 35.5. The van der Waals surface area contributed by atoms with E-state index in [9.17, 15) is 25.2 Å². The molecule has 3 fully saturated rings. The average molecular weight is 696 g/mol. The van der Waals surface area contributed by atoms with Gasteiger partial charge in [-0.2, -0.15) is 0 Å². The summed E-state index contributed by atoms with van der Waals surface area (Å²) in [6.07, 6.45) is 4.14. The molecule has 6 N–H and O–H groups in total. The van der Waals surface area contributed by atoms with Crippen LogP contribution in [0.1, 0.15) is 60.8 Å². The zero-order chi connectivity index (χ0) is 34.5. The molecule has 2 heterocycles. The van der Waals surface area contributed by atoms with Crippen LogP contribution < -0.4 is 15.4 Å². The molecule has 11 nitrogen and oxygen atoms in total. The van der Waals surface area contributed by atoms with E-state index in [4.69, 9.17) is 25.8 Å². The number of aryl methyl sites for hydroxylation is 2. The summed E-state index contributed by atoms with van der Waals surface area (Å²) < 4.78 is 18.3. The number of para-hydroxylation sites is 1. The van der Waals surface area contributed by atoms with E-state index in [0.29, 0.717) is 24.3 Å². The summed E-state index contributed by atoms with van der Waals surface area (Å²) >= 11 is 6.78. The van der Waals surface area contributed by atoms with Gasteiger partial charge in [0, 0.05) is 41.6 Å². The molecular formula is C37H46ClN3O8. The third-order valence-electron chi connectivity index (χ3n) is 9.63. The van der Waals surface area contributed by atoms with Crippen molar-refractivity contribution in [3.05, 3.63) is 82.1 Å². The number of carbonyl (C=O) groups is 1. The van der Waals surface area contributed by atoms with E-state index in [1.807, 2.05) is 42.7 Å². The Bertz CT molecular complexity index is 1600. The largest absolute Gasteiger partial charge is 0.490 e. The van der Waals surface area contributed by atoms with Gasteiger partial charge in [-0.3, -0.25) is 4.98 Å². The van der Waals surface area contributed by atoms with Gasteiger partial charge in [0.25, 0.3) is 0 Å². The molecule has 2 saturated carbocycles. The number of halogens is 1. The van der Waals surface area contributed by atoms with Crippen molar-refractivity contribution in [3.8, 4) is 16.9 Å². The van der Waals surface area contributed by atoms with E-state index in [0.717, 1.165) is 84.1 Å². The van der Waals surface area contributed by atoms with E-state index in [2.05, 4.69) is 34.7 Å². The highest BCUT2D eigenvalue weighted by atomic mass is 35.5. The van der Waals surface area contributed by atoms with Gasteiger partial charge in [0.05, 0.1) is 24.9 Å². The second-order valence-corrected chi connectivity index (χ2v) is 13.8. The van der Waals surface area contributed by atoms with Crippen LogP contribution in [0, 0.1) is 6.92 Å². The number of benzene rings is 2. The highest BCUT2D eigenvalue weighted by Crippen LogP contribution is 2.53. The van der Waals surface area contributed by atoms with Gasteiger partial charge in [0.2, 0.25) is 0 Å². The molecule has 1 aromatic heterocycles. The number of unbranched alkanes of at least 4 members (excludes halogenated alkanes) is 1. The maximum absolute atomic E-state index is 12.3. The van der Waals surface area contributed by atoms with Gasteiger partial charge in [0.15, 0.2) is 0 Å². The number of ether oxygens (including phenoxy) is 3. The summed E-state index contributed by atoms with van der Waals surface area (Å²) in [4.78, 5) is 16.7. The molecule has 1 saturated heterocycles. The van der Waals surface area contributed by atoms with Gasteiger partial charge in [-0.05, 0) is 92.3 Å². The number of pyridine rings is 1. The smallest absolute Gasteiger partial charge is 0.314 e. The molecule has 0 radical (unpaired) electrons. The van der Waals surface area contributed by atoms with Crippen LogP contribution in [0.25, 0.3) is 11.1 Å². The van der Waals surface area contributed by atoms with Crippen LogP contribution in [-0.4, -0.2) is 87.8 Å². The number of aromatic nitrogens is 1. The third-order valence-corrected chi connectivity index (χ3v) is 9.99. The standard InChI is InChI=1S/C37H46ClN3O8/c1-22-16-24(21-47-37(12-13-37)28-18-39-15-11-26(28)27-7-2-3-8-30(27)48-25-9-10-25)29(38)17-23(22)6-4-5-14-40-36(46)41-19-31-33(43)35(45)34(44)32(20-42)49-31/h2-3,7-8,11,15-18,25,31-35,42-45H,4-6,9-10,12-14,19-21H2,1H3,(H2,40,41,46)/t31?,32-,33+,34-,35-/m1/s1. The Kier molecular flexibility index (Phi) is 11.4. The van der Waals surface area contributed by atoms with Crippen molar-refractivity contribution >= 4 is 17.6 Å². The Morgan fingerprint density at radius 1 is 1.00 bits per heavy atom. The van der Waals surface area contributed by atoms with Gasteiger partial charge in [-0.1, -0.05) is 35.9 Å². The normalized spacial score (nSPS) is 24.3. The summed E-state index contributed by atoms with van der Waals surface area (Å²) in [6.45, 7) is 2.29. The van der Waals surface area contributed by atoms with Crippen molar-refractivity contribution in [3.63, 3.8) is 0 Å². The fourth-order valence-corrected chi connectivity index (χ4v) is 6.62. The third kappa shape index (κ3) is 8.54. The lowest BCUT2D eigenvalue weighted by Crippen LogP contribution is -2.61. The molecule has 12 heteroatoms. The molecule has 0 spiro atoms. The average Bonchev–Trinajstić information content (AvgIpc) is 4.05. The van der Waals surface area contributed by atoms with Gasteiger partial charge in [-0.25, -0.2) is 4.79 Å². The summed E-state index contributed by atoms with van der Waals surface area (Å²) in [5.74, 6) is 0.897. The maximum Gasteiger partial charge on any atom is 0.314 e. The van der Waals surface area contributed by atoms with Crippen molar-refractivity contribution in [1.82, 2.24) is 15.6 Å². The lowest BCUT2D eigenvalue weighted by molar-refractivity contribution is -0.227. The second-order valence-electron chi connectivity index (χ2n) is 13.3. The van der Waals surface area contributed by atoms with Crippen molar-refractivity contribution in [2.24, 2.45) is 0 Å². The molecule has 0 bridgehead atoms. The lowest BCUT2D eigenvalue weighted by atomic mass is 9.95.